The van der Waals surface area contributed by atoms with E-state index < -0.39 is 17.7 Å². The van der Waals surface area contributed by atoms with Crippen LogP contribution in [0.2, 0.25) is 10.0 Å². The van der Waals surface area contributed by atoms with Crippen molar-refractivity contribution in [3.05, 3.63) is 92.5 Å². The van der Waals surface area contributed by atoms with Crippen molar-refractivity contribution in [3.63, 3.8) is 0 Å². The Morgan fingerprint density at radius 1 is 0.914 bits per heavy atom. The van der Waals surface area contributed by atoms with Crippen LogP contribution in [0.15, 0.2) is 60.2 Å². The number of Topliss-reactive ketones (excluding diaryl/α,β-unsaturated/α-hetero) is 1. The highest BCUT2D eigenvalue weighted by Crippen LogP contribution is 2.45. The first-order chi connectivity index (χ1) is 16.7. The average molecular weight is 512 g/mol. The van der Waals surface area contributed by atoms with Gasteiger partial charge >= 0.3 is 0 Å². The minimum atomic E-state index is -0.914. The Morgan fingerprint density at radius 3 is 2.29 bits per heavy atom. The van der Waals surface area contributed by atoms with E-state index >= 15 is 0 Å². The van der Waals surface area contributed by atoms with E-state index in [0.29, 0.717) is 17.0 Å². The third-order valence-corrected chi connectivity index (χ3v) is 6.44. The predicted molar refractivity (Wildman–Crippen MR) is 137 cm³/mol. The number of rotatable bonds is 5. The Morgan fingerprint density at radius 2 is 1.66 bits per heavy atom. The number of carbonyl (C=O) groups is 2. The summed E-state index contributed by atoms with van der Waals surface area (Å²) in [5.74, 6) is -1.37. The summed E-state index contributed by atoms with van der Waals surface area (Å²) in [6.07, 6.45) is 0. The van der Waals surface area contributed by atoms with Crippen LogP contribution in [-0.2, 0) is 9.59 Å². The predicted octanol–water partition coefficient (Wildman–Crippen LogP) is 6.25. The highest BCUT2D eigenvalue weighted by molar-refractivity contribution is 6.52. The molecule has 6 nitrogen and oxygen atoms in total. The van der Waals surface area contributed by atoms with Gasteiger partial charge in [-0.3, -0.25) is 14.5 Å². The van der Waals surface area contributed by atoms with Gasteiger partial charge in [0, 0.05) is 5.69 Å². The number of ketones is 1. The number of carbonyl (C=O) groups excluding carboxylic acids is 2. The van der Waals surface area contributed by atoms with Gasteiger partial charge < -0.3 is 14.6 Å². The summed E-state index contributed by atoms with van der Waals surface area (Å²) in [5, 5.41) is 12.0. The summed E-state index contributed by atoms with van der Waals surface area (Å²) in [6, 6.07) is 14.6. The van der Waals surface area contributed by atoms with E-state index in [0.717, 1.165) is 11.1 Å². The Balaban J connectivity index is 2.01. The van der Waals surface area contributed by atoms with Crippen LogP contribution in [0.3, 0.4) is 0 Å². The molecule has 8 heteroatoms. The molecule has 1 fully saturated rings. The van der Waals surface area contributed by atoms with E-state index in [-0.39, 0.29) is 32.7 Å². The number of nitrogens with zero attached hydrogens (tertiary/aromatic N) is 1. The lowest BCUT2D eigenvalue weighted by Gasteiger charge is -2.26. The van der Waals surface area contributed by atoms with E-state index in [9.17, 15) is 14.7 Å². The number of methoxy groups -OCH3 is 2. The standard InChI is InChI=1S/C27H23Cl2NO5/c1-14-6-5-7-16(10-14)23-22(24(31)18-11-15(2)12-20(29)26(18)35-4)25(32)27(33)30(23)17-8-9-21(34-3)19(28)13-17/h5-13,23,31H,1-4H3/b24-22+. The zero-order chi connectivity index (χ0) is 25.4. The molecule has 3 aromatic rings. The first-order valence-electron chi connectivity index (χ1n) is 10.7. The molecular weight excluding hydrogens is 489 g/mol. The van der Waals surface area contributed by atoms with E-state index in [4.69, 9.17) is 32.7 Å². The largest absolute Gasteiger partial charge is 0.507 e. The van der Waals surface area contributed by atoms with Crippen LogP contribution < -0.4 is 14.4 Å². The van der Waals surface area contributed by atoms with Crippen LogP contribution in [0.25, 0.3) is 5.76 Å². The third-order valence-electron chi connectivity index (χ3n) is 5.86. The lowest BCUT2D eigenvalue weighted by Crippen LogP contribution is -2.29. The molecule has 1 saturated heterocycles. The van der Waals surface area contributed by atoms with Crippen LogP contribution in [0.1, 0.15) is 28.3 Å². The van der Waals surface area contributed by atoms with Gasteiger partial charge in [0.25, 0.3) is 11.7 Å². The normalized spacial score (nSPS) is 17.1. The van der Waals surface area contributed by atoms with Gasteiger partial charge in [-0.05, 0) is 55.3 Å². The summed E-state index contributed by atoms with van der Waals surface area (Å²) in [5.41, 5.74) is 2.86. The molecule has 3 aromatic carbocycles. The van der Waals surface area contributed by atoms with Crippen molar-refractivity contribution >= 4 is 46.3 Å². The number of hydrogen-bond donors (Lipinski definition) is 1. The number of benzene rings is 3. The van der Waals surface area contributed by atoms with Gasteiger partial charge in [0.15, 0.2) is 0 Å². The Bertz CT molecular complexity index is 1380. The maximum Gasteiger partial charge on any atom is 0.300 e. The van der Waals surface area contributed by atoms with Crippen LogP contribution in [-0.4, -0.2) is 31.0 Å². The third kappa shape index (κ3) is 4.35. The molecule has 1 amide bonds. The van der Waals surface area contributed by atoms with Crippen LogP contribution in [0.5, 0.6) is 11.5 Å². The first-order valence-corrected chi connectivity index (χ1v) is 11.5. The Labute approximate surface area is 213 Å². The van der Waals surface area contributed by atoms with Crippen LogP contribution in [0, 0.1) is 13.8 Å². The van der Waals surface area contributed by atoms with Gasteiger partial charge in [-0.25, -0.2) is 0 Å². The monoisotopic (exact) mass is 511 g/mol. The fraction of sp³-hybridized carbons (Fsp3) is 0.185. The second-order valence-corrected chi connectivity index (χ2v) is 9.04. The summed E-state index contributed by atoms with van der Waals surface area (Å²) < 4.78 is 10.6. The maximum absolute atomic E-state index is 13.4. The molecule has 4 rings (SSSR count). The number of halogens is 2. The number of aliphatic hydroxyl groups is 1. The Kier molecular flexibility index (Phi) is 6.79. The zero-order valence-electron chi connectivity index (χ0n) is 19.6. The van der Waals surface area contributed by atoms with Gasteiger partial charge in [0.2, 0.25) is 0 Å². The van der Waals surface area contributed by atoms with E-state index in [2.05, 4.69) is 0 Å². The molecule has 1 unspecified atom stereocenters. The minimum absolute atomic E-state index is 0.0764. The molecule has 0 aromatic heterocycles. The van der Waals surface area contributed by atoms with Gasteiger partial charge in [0.05, 0.1) is 41.4 Å². The molecule has 1 N–H and O–H groups in total. The number of aliphatic hydroxyl groups excluding tert-OH is 1. The van der Waals surface area contributed by atoms with Crippen molar-refractivity contribution < 1.29 is 24.2 Å². The molecule has 0 radical (unpaired) electrons. The van der Waals surface area contributed by atoms with Crippen molar-refractivity contribution in [2.24, 2.45) is 0 Å². The molecule has 0 bridgehead atoms. The number of ether oxygens (including phenoxy) is 2. The lowest BCUT2D eigenvalue weighted by molar-refractivity contribution is -0.132. The molecule has 0 spiro atoms. The van der Waals surface area contributed by atoms with E-state index in [1.807, 2.05) is 25.1 Å². The number of aryl methyl sites for hydroxylation is 2. The molecule has 35 heavy (non-hydrogen) atoms. The van der Waals surface area contributed by atoms with Crippen molar-refractivity contribution in [2.75, 3.05) is 19.1 Å². The van der Waals surface area contributed by atoms with Gasteiger partial charge in [0.1, 0.15) is 17.3 Å². The van der Waals surface area contributed by atoms with Crippen molar-refractivity contribution in [2.45, 2.75) is 19.9 Å². The van der Waals surface area contributed by atoms with E-state index in [1.54, 1.807) is 43.3 Å². The fourth-order valence-corrected chi connectivity index (χ4v) is 4.92. The molecule has 1 heterocycles. The molecule has 0 aliphatic carbocycles. The topological polar surface area (TPSA) is 76.1 Å². The summed E-state index contributed by atoms with van der Waals surface area (Å²) in [4.78, 5) is 28.1. The Hall–Kier alpha value is -3.48. The highest BCUT2D eigenvalue weighted by Gasteiger charge is 2.47. The number of anilines is 1. The van der Waals surface area contributed by atoms with Gasteiger partial charge in [-0.1, -0.05) is 53.0 Å². The van der Waals surface area contributed by atoms with Gasteiger partial charge in [-0.2, -0.15) is 0 Å². The fourth-order valence-electron chi connectivity index (χ4n) is 4.32. The first kappa shape index (κ1) is 24.6. The molecule has 1 atom stereocenters. The summed E-state index contributed by atoms with van der Waals surface area (Å²) in [7, 11) is 2.91. The zero-order valence-corrected chi connectivity index (χ0v) is 21.1. The average Bonchev–Trinajstić information content (AvgIpc) is 3.08. The quantitative estimate of drug-likeness (QED) is 0.248. The van der Waals surface area contributed by atoms with Crippen LogP contribution in [0.4, 0.5) is 5.69 Å². The van der Waals surface area contributed by atoms with Crippen LogP contribution >= 0.6 is 23.2 Å². The molecular formula is C27H23Cl2NO5. The SMILES string of the molecule is COc1ccc(N2C(=O)C(=O)/C(=C(/O)c3cc(C)cc(Cl)c3OC)C2c2cccc(C)c2)cc1Cl. The number of amides is 1. The van der Waals surface area contributed by atoms with Crippen molar-refractivity contribution in [1.29, 1.82) is 0 Å². The lowest BCUT2D eigenvalue weighted by atomic mass is 9.93. The summed E-state index contributed by atoms with van der Waals surface area (Å²) >= 11 is 12.7. The highest BCUT2D eigenvalue weighted by atomic mass is 35.5. The molecule has 180 valence electrons. The summed E-state index contributed by atoms with van der Waals surface area (Å²) in [6.45, 7) is 3.71. The minimum Gasteiger partial charge on any atom is -0.507 e. The van der Waals surface area contributed by atoms with Gasteiger partial charge in [-0.15, -0.1) is 0 Å². The van der Waals surface area contributed by atoms with Crippen molar-refractivity contribution in [1.82, 2.24) is 0 Å². The molecule has 1 aliphatic heterocycles. The second-order valence-electron chi connectivity index (χ2n) is 8.23. The second kappa shape index (κ2) is 9.64. The smallest absolute Gasteiger partial charge is 0.300 e. The number of hydrogen-bond acceptors (Lipinski definition) is 5. The maximum atomic E-state index is 13.4. The molecule has 0 saturated carbocycles. The molecule has 1 aliphatic rings. The van der Waals surface area contributed by atoms with E-state index in [1.165, 1.54) is 19.1 Å². The van der Waals surface area contributed by atoms with Crippen molar-refractivity contribution in [3.8, 4) is 11.5 Å².